The number of ether oxygens (including phenoxy) is 1. The smallest absolute Gasteiger partial charge is 0.153 e. The summed E-state index contributed by atoms with van der Waals surface area (Å²) in [6.45, 7) is 5.17. The Bertz CT molecular complexity index is 783. The summed E-state index contributed by atoms with van der Waals surface area (Å²) in [6.07, 6.45) is 2.90. The minimum atomic E-state index is 0.0558. The number of benzene rings is 1. The standard InChI is InChI=1S/C19H21Cl2N3O2/c1-12(9-13(2)25)14-3-5-15(6-4-14)26-16-7-8-24(10-16)19-17(20)18(21)22-11-23-19/h3-6,11-12,16H,7-10H2,1-2H3/t12-,16-/m1/s1. The second kappa shape index (κ2) is 8.23. The maximum atomic E-state index is 11.3. The summed E-state index contributed by atoms with van der Waals surface area (Å²) in [5.41, 5.74) is 1.14. The average molecular weight is 394 g/mol. The molecule has 0 bridgehead atoms. The zero-order valence-electron chi connectivity index (χ0n) is 14.8. The highest BCUT2D eigenvalue weighted by atomic mass is 35.5. The Balaban J connectivity index is 1.60. The molecule has 2 heterocycles. The second-order valence-corrected chi connectivity index (χ2v) is 7.39. The van der Waals surface area contributed by atoms with E-state index in [1.165, 1.54) is 6.33 Å². The third-order valence-corrected chi connectivity index (χ3v) is 5.25. The van der Waals surface area contributed by atoms with Gasteiger partial charge in [0, 0.05) is 19.4 Å². The minimum Gasteiger partial charge on any atom is -0.489 e. The highest BCUT2D eigenvalue weighted by Crippen LogP contribution is 2.31. The fraction of sp³-hybridized carbons (Fsp3) is 0.421. The molecule has 1 aliphatic heterocycles. The highest BCUT2D eigenvalue weighted by Gasteiger charge is 2.27. The van der Waals surface area contributed by atoms with Crippen molar-refractivity contribution in [2.45, 2.75) is 38.7 Å². The summed E-state index contributed by atoms with van der Waals surface area (Å²) < 4.78 is 6.08. The van der Waals surface area contributed by atoms with Gasteiger partial charge in [-0.1, -0.05) is 42.3 Å². The van der Waals surface area contributed by atoms with E-state index in [1.54, 1.807) is 6.92 Å². The fourth-order valence-electron chi connectivity index (χ4n) is 3.19. The maximum absolute atomic E-state index is 11.3. The molecule has 1 aliphatic rings. The molecule has 0 spiro atoms. The Kier molecular flexibility index (Phi) is 5.99. The van der Waals surface area contributed by atoms with Crippen LogP contribution in [0.15, 0.2) is 30.6 Å². The molecule has 0 aliphatic carbocycles. The lowest BCUT2D eigenvalue weighted by Gasteiger charge is -2.19. The number of rotatable bonds is 6. The van der Waals surface area contributed by atoms with Crippen LogP contribution in [0, 0.1) is 0 Å². The number of anilines is 1. The van der Waals surface area contributed by atoms with Crippen LogP contribution >= 0.6 is 23.2 Å². The Morgan fingerprint density at radius 1 is 1.31 bits per heavy atom. The van der Waals surface area contributed by atoms with Gasteiger partial charge in [-0.2, -0.15) is 0 Å². The van der Waals surface area contributed by atoms with Gasteiger partial charge in [-0.15, -0.1) is 0 Å². The fourth-order valence-corrected chi connectivity index (χ4v) is 3.54. The number of hydrogen-bond acceptors (Lipinski definition) is 5. The van der Waals surface area contributed by atoms with Crippen molar-refractivity contribution in [1.82, 2.24) is 9.97 Å². The SMILES string of the molecule is CC(=O)C[C@@H](C)c1ccc(O[C@@H]2CCN(c3ncnc(Cl)c3Cl)C2)cc1. The maximum Gasteiger partial charge on any atom is 0.153 e. The van der Waals surface area contributed by atoms with Gasteiger partial charge in [-0.25, -0.2) is 9.97 Å². The van der Waals surface area contributed by atoms with Crippen molar-refractivity contribution in [3.05, 3.63) is 46.3 Å². The number of hydrogen-bond donors (Lipinski definition) is 0. The van der Waals surface area contributed by atoms with E-state index in [0.29, 0.717) is 23.8 Å². The minimum absolute atomic E-state index is 0.0558. The van der Waals surface area contributed by atoms with Crippen LogP contribution in [-0.4, -0.2) is 34.9 Å². The van der Waals surface area contributed by atoms with Gasteiger partial charge in [-0.3, -0.25) is 0 Å². The summed E-state index contributed by atoms with van der Waals surface area (Å²) in [6, 6.07) is 7.97. The number of Topliss-reactive ketones (excluding diaryl/α,β-unsaturated/α-hetero) is 1. The summed E-state index contributed by atoms with van der Waals surface area (Å²) >= 11 is 12.2. The van der Waals surface area contributed by atoms with Crippen LogP contribution in [0.5, 0.6) is 5.75 Å². The first-order valence-corrected chi connectivity index (χ1v) is 9.36. The number of halogens is 2. The molecule has 26 heavy (non-hydrogen) atoms. The van der Waals surface area contributed by atoms with Gasteiger partial charge in [0.15, 0.2) is 11.0 Å². The molecule has 1 aromatic carbocycles. The molecule has 0 unspecified atom stereocenters. The number of aromatic nitrogens is 2. The van der Waals surface area contributed by atoms with Crippen LogP contribution in [0.4, 0.5) is 5.82 Å². The van der Waals surface area contributed by atoms with Crippen molar-refractivity contribution in [2.24, 2.45) is 0 Å². The largest absolute Gasteiger partial charge is 0.489 e. The monoisotopic (exact) mass is 393 g/mol. The summed E-state index contributed by atoms with van der Waals surface area (Å²) in [5.74, 6) is 1.88. The van der Waals surface area contributed by atoms with Gasteiger partial charge >= 0.3 is 0 Å². The summed E-state index contributed by atoms with van der Waals surface area (Å²) in [5, 5.41) is 0.634. The van der Waals surface area contributed by atoms with E-state index in [9.17, 15) is 4.79 Å². The molecular weight excluding hydrogens is 373 g/mol. The van der Waals surface area contributed by atoms with Gasteiger partial charge in [-0.05, 0) is 30.5 Å². The first-order chi connectivity index (χ1) is 12.4. The molecule has 5 nitrogen and oxygen atoms in total. The van der Waals surface area contributed by atoms with Gasteiger partial charge in [0.25, 0.3) is 0 Å². The lowest BCUT2D eigenvalue weighted by Crippen LogP contribution is -2.25. The quantitative estimate of drug-likeness (QED) is 0.674. The first-order valence-electron chi connectivity index (χ1n) is 8.61. The number of nitrogens with zero attached hydrogens (tertiary/aromatic N) is 3. The molecule has 2 aromatic rings. The van der Waals surface area contributed by atoms with E-state index in [1.807, 2.05) is 24.3 Å². The number of ketones is 1. The van der Waals surface area contributed by atoms with E-state index < -0.39 is 0 Å². The van der Waals surface area contributed by atoms with Crippen molar-refractivity contribution in [3.8, 4) is 5.75 Å². The van der Waals surface area contributed by atoms with E-state index >= 15 is 0 Å². The van der Waals surface area contributed by atoms with Crippen LogP contribution in [0.1, 0.15) is 38.2 Å². The van der Waals surface area contributed by atoms with Crippen LogP contribution < -0.4 is 9.64 Å². The topological polar surface area (TPSA) is 55.3 Å². The average Bonchev–Trinajstić information content (AvgIpc) is 3.05. The summed E-state index contributed by atoms with van der Waals surface area (Å²) in [4.78, 5) is 21.4. The van der Waals surface area contributed by atoms with Crippen LogP contribution in [0.2, 0.25) is 10.2 Å². The lowest BCUT2D eigenvalue weighted by atomic mass is 9.96. The molecule has 138 valence electrons. The Morgan fingerprint density at radius 3 is 2.73 bits per heavy atom. The van der Waals surface area contributed by atoms with Gasteiger partial charge < -0.3 is 14.4 Å². The third kappa shape index (κ3) is 4.46. The van der Waals surface area contributed by atoms with Crippen molar-refractivity contribution >= 4 is 34.8 Å². The van der Waals surface area contributed by atoms with Crippen molar-refractivity contribution in [2.75, 3.05) is 18.0 Å². The molecular formula is C19H21Cl2N3O2. The molecule has 0 N–H and O–H groups in total. The van der Waals surface area contributed by atoms with Crippen molar-refractivity contribution < 1.29 is 9.53 Å². The predicted octanol–water partition coefficient (Wildman–Crippen LogP) is 4.52. The van der Waals surface area contributed by atoms with Crippen LogP contribution in [0.3, 0.4) is 0 Å². The van der Waals surface area contributed by atoms with E-state index in [2.05, 4.69) is 21.8 Å². The van der Waals surface area contributed by atoms with Crippen molar-refractivity contribution in [1.29, 1.82) is 0 Å². The molecule has 0 radical (unpaired) electrons. The molecule has 7 heteroatoms. The first kappa shape index (κ1) is 18.9. The lowest BCUT2D eigenvalue weighted by molar-refractivity contribution is -0.117. The molecule has 1 aromatic heterocycles. The molecule has 3 rings (SSSR count). The second-order valence-electron chi connectivity index (χ2n) is 6.65. The van der Waals surface area contributed by atoms with Crippen LogP contribution in [-0.2, 0) is 4.79 Å². The van der Waals surface area contributed by atoms with Crippen molar-refractivity contribution in [3.63, 3.8) is 0 Å². The molecule has 2 atom stereocenters. The zero-order chi connectivity index (χ0) is 18.7. The zero-order valence-corrected chi connectivity index (χ0v) is 16.3. The van der Waals surface area contributed by atoms with E-state index in [0.717, 1.165) is 24.3 Å². The highest BCUT2D eigenvalue weighted by molar-refractivity contribution is 6.42. The Hall–Kier alpha value is -1.85. The third-order valence-electron chi connectivity index (χ3n) is 4.52. The molecule has 0 amide bonds. The van der Waals surface area contributed by atoms with Gasteiger partial charge in [0.1, 0.15) is 29.0 Å². The summed E-state index contributed by atoms with van der Waals surface area (Å²) in [7, 11) is 0. The van der Waals surface area contributed by atoms with Gasteiger partial charge in [0.2, 0.25) is 0 Å². The van der Waals surface area contributed by atoms with Crippen LogP contribution in [0.25, 0.3) is 0 Å². The number of carbonyl (C=O) groups is 1. The normalized spacial score (nSPS) is 18.0. The Morgan fingerprint density at radius 2 is 2.04 bits per heavy atom. The van der Waals surface area contributed by atoms with E-state index in [-0.39, 0.29) is 23.0 Å². The molecule has 1 fully saturated rings. The number of carbonyl (C=O) groups excluding carboxylic acids is 1. The molecule has 0 saturated carbocycles. The predicted molar refractivity (Wildman–Crippen MR) is 103 cm³/mol. The molecule has 1 saturated heterocycles. The van der Waals surface area contributed by atoms with Gasteiger partial charge in [0.05, 0.1) is 6.54 Å². The van der Waals surface area contributed by atoms with E-state index in [4.69, 9.17) is 27.9 Å². The Labute approximate surface area is 163 Å².